The predicted octanol–water partition coefficient (Wildman–Crippen LogP) is 1.50. The van der Waals surface area contributed by atoms with Crippen LogP contribution in [-0.2, 0) is 0 Å². The lowest BCUT2D eigenvalue weighted by atomic mass is 10.3. The zero-order valence-corrected chi connectivity index (χ0v) is 5.10. The smallest absolute Gasteiger partial charge is 0.0382 e. The average Bonchev–Trinajstić information content (AvgIpc) is 1.64. The van der Waals surface area contributed by atoms with Gasteiger partial charge in [-0.2, -0.15) is 0 Å². The van der Waals surface area contributed by atoms with Crippen LogP contribution in [0.15, 0.2) is 12.1 Å². The van der Waals surface area contributed by atoms with Crippen molar-refractivity contribution in [1.82, 2.24) is 4.98 Å². The van der Waals surface area contributed by atoms with Crippen molar-refractivity contribution in [2.45, 2.75) is 13.8 Å². The van der Waals surface area contributed by atoms with Gasteiger partial charge in [0.15, 0.2) is 0 Å². The highest BCUT2D eigenvalue weighted by atomic mass is 14.7. The van der Waals surface area contributed by atoms with Gasteiger partial charge in [-0.1, -0.05) is 0 Å². The molecule has 0 aliphatic heterocycles. The Morgan fingerprint density at radius 2 is 1.75 bits per heavy atom. The van der Waals surface area contributed by atoms with E-state index in [1.807, 2.05) is 26.0 Å². The third-order valence-electron chi connectivity index (χ3n) is 0.937. The molecule has 0 saturated carbocycles. The van der Waals surface area contributed by atoms with Gasteiger partial charge in [-0.25, -0.2) is 0 Å². The molecule has 0 unspecified atom stereocenters. The van der Waals surface area contributed by atoms with Crippen LogP contribution in [0.3, 0.4) is 0 Å². The molecule has 0 saturated heterocycles. The summed E-state index contributed by atoms with van der Waals surface area (Å²) < 4.78 is 0. The Morgan fingerprint density at radius 3 is 2.00 bits per heavy atom. The Morgan fingerprint density at radius 1 is 1.25 bits per heavy atom. The molecule has 1 radical (unpaired) electrons. The molecule has 0 fully saturated rings. The molecular formula is C7H8N. The molecule has 1 aromatic rings. The molecule has 8 heavy (non-hydrogen) atoms. The van der Waals surface area contributed by atoms with Gasteiger partial charge < -0.3 is 0 Å². The van der Waals surface area contributed by atoms with Crippen LogP contribution in [0.4, 0.5) is 0 Å². The molecule has 1 aromatic heterocycles. The lowest BCUT2D eigenvalue weighted by Gasteiger charge is -1.89. The van der Waals surface area contributed by atoms with Crippen molar-refractivity contribution in [1.29, 1.82) is 0 Å². The molecule has 1 rings (SSSR count). The number of aromatic nitrogens is 1. The summed E-state index contributed by atoms with van der Waals surface area (Å²) in [5.74, 6) is 0. The van der Waals surface area contributed by atoms with Gasteiger partial charge >= 0.3 is 0 Å². The third kappa shape index (κ3) is 1.06. The van der Waals surface area contributed by atoms with Crippen molar-refractivity contribution in [2.75, 3.05) is 0 Å². The Labute approximate surface area is 49.4 Å². The summed E-state index contributed by atoms with van der Waals surface area (Å²) in [6.07, 6.45) is 0. The minimum atomic E-state index is 1.03. The molecule has 0 aromatic carbocycles. The average molecular weight is 106 g/mol. The van der Waals surface area contributed by atoms with Gasteiger partial charge in [0.1, 0.15) is 0 Å². The van der Waals surface area contributed by atoms with Crippen molar-refractivity contribution in [3.8, 4) is 0 Å². The first-order valence-corrected chi connectivity index (χ1v) is 2.60. The number of aryl methyl sites for hydroxylation is 2. The van der Waals surface area contributed by atoms with E-state index in [-0.39, 0.29) is 0 Å². The van der Waals surface area contributed by atoms with Crippen LogP contribution in [0, 0.1) is 19.9 Å². The number of nitrogens with zero attached hydrogens (tertiary/aromatic N) is 1. The van der Waals surface area contributed by atoms with Crippen LogP contribution in [0.5, 0.6) is 0 Å². The SMILES string of the molecule is Cc1c[c]cc(C)n1. The van der Waals surface area contributed by atoms with E-state index in [4.69, 9.17) is 0 Å². The summed E-state index contributed by atoms with van der Waals surface area (Å²) in [4.78, 5) is 4.14. The van der Waals surface area contributed by atoms with Gasteiger partial charge in [-0.05, 0) is 32.0 Å². The van der Waals surface area contributed by atoms with Crippen LogP contribution in [0.1, 0.15) is 11.4 Å². The predicted molar refractivity (Wildman–Crippen MR) is 32.5 cm³/mol. The maximum absolute atomic E-state index is 4.14. The number of rotatable bonds is 0. The Balaban J connectivity index is 3.08. The molecule has 0 spiro atoms. The van der Waals surface area contributed by atoms with E-state index in [1.54, 1.807) is 0 Å². The van der Waals surface area contributed by atoms with E-state index in [2.05, 4.69) is 11.1 Å². The van der Waals surface area contributed by atoms with Crippen molar-refractivity contribution < 1.29 is 0 Å². The highest BCUT2D eigenvalue weighted by Crippen LogP contribution is 1.92. The maximum Gasteiger partial charge on any atom is 0.0382 e. The van der Waals surface area contributed by atoms with Crippen molar-refractivity contribution in [2.24, 2.45) is 0 Å². The molecule has 1 heteroatoms. The molecule has 0 atom stereocenters. The first kappa shape index (κ1) is 5.29. The Kier molecular flexibility index (Phi) is 1.29. The normalized spacial score (nSPS) is 9.25. The highest BCUT2D eigenvalue weighted by molar-refractivity contribution is 5.06. The third-order valence-corrected chi connectivity index (χ3v) is 0.937. The van der Waals surface area contributed by atoms with E-state index >= 15 is 0 Å². The molecule has 0 N–H and O–H groups in total. The highest BCUT2D eigenvalue weighted by Gasteiger charge is 1.82. The summed E-state index contributed by atoms with van der Waals surface area (Å²) in [5.41, 5.74) is 2.06. The van der Waals surface area contributed by atoms with Crippen LogP contribution in [0.25, 0.3) is 0 Å². The fraction of sp³-hybridized carbons (Fsp3) is 0.286. The fourth-order valence-corrected chi connectivity index (χ4v) is 0.626. The Hall–Kier alpha value is -0.850. The Bertz CT molecular complexity index is 164. The lowest BCUT2D eigenvalue weighted by molar-refractivity contribution is 1.12. The summed E-state index contributed by atoms with van der Waals surface area (Å²) in [5, 5.41) is 0. The minimum Gasteiger partial charge on any atom is -0.258 e. The van der Waals surface area contributed by atoms with Crippen LogP contribution in [0.2, 0.25) is 0 Å². The topological polar surface area (TPSA) is 12.9 Å². The van der Waals surface area contributed by atoms with Crippen molar-refractivity contribution in [3.05, 3.63) is 29.6 Å². The molecule has 0 aliphatic carbocycles. The van der Waals surface area contributed by atoms with Gasteiger partial charge in [0, 0.05) is 11.4 Å². The maximum atomic E-state index is 4.14. The van der Waals surface area contributed by atoms with Gasteiger partial charge in [0.25, 0.3) is 0 Å². The van der Waals surface area contributed by atoms with Gasteiger partial charge in [-0.3, -0.25) is 4.98 Å². The quantitative estimate of drug-likeness (QED) is 0.488. The number of hydrogen-bond donors (Lipinski definition) is 0. The minimum absolute atomic E-state index is 1.03. The summed E-state index contributed by atoms with van der Waals surface area (Å²) in [6.45, 7) is 3.92. The molecule has 41 valence electrons. The second-order valence-corrected chi connectivity index (χ2v) is 1.85. The standard InChI is InChI=1S/C7H8N/c1-6-4-3-5-7(2)8-6/h4-5H,1-2H3. The molecule has 1 heterocycles. The first-order valence-electron chi connectivity index (χ1n) is 2.60. The van der Waals surface area contributed by atoms with Crippen LogP contribution in [-0.4, -0.2) is 4.98 Å². The summed E-state index contributed by atoms with van der Waals surface area (Å²) >= 11 is 0. The summed E-state index contributed by atoms with van der Waals surface area (Å²) in [7, 11) is 0. The van der Waals surface area contributed by atoms with Crippen molar-refractivity contribution in [3.63, 3.8) is 0 Å². The molecule has 1 nitrogen and oxygen atoms in total. The second kappa shape index (κ2) is 1.95. The zero-order valence-electron chi connectivity index (χ0n) is 5.10. The van der Waals surface area contributed by atoms with E-state index in [0.717, 1.165) is 11.4 Å². The summed E-state index contributed by atoms with van der Waals surface area (Å²) in [6, 6.07) is 6.70. The van der Waals surface area contributed by atoms with Crippen molar-refractivity contribution >= 4 is 0 Å². The molecule has 0 aliphatic rings. The largest absolute Gasteiger partial charge is 0.258 e. The monoisotopic (exact) mass is 106 g/mol. The van der Waals surface area contributed by atoms with E-state index in [9.17, 15) is 0 Å². The zero-order chi connectivity index (χ0) is 5.98. The van der Waals surface area contributed by atoms with E-state index < -0.39 is 0 Å². The fourth-order valence-electron chi connectivity index (χ4n) is 0.626. The van der Waals surface area contributed by atoms with E-state index in [1.165, 1.54) is 0 Å². The second-order valence-electron chi connectivity index (χ2n) is 1.85. The van der Waals surface area contributed by atoms with Gasteiger partial charge in [0.2, 0.25) is 0 Å². The van der Waals surface area contributed by atoms with Gasteiger partial charge in [0.05, 0.1) is 0 Å². The first-order chi connectivity index (χ1) is 3.79. The molecular weight excluding hydrogens is 98.1 g/mol. The van der Waals surface area contributed by atoms with Crippen LogP contribution >= 0.6 is 0 Å². The lowest BCUT2D eigenvalue weighted by Crippen LogP contribution is -1.81. The number of pyridine rings is 1. The van der Waals surface area contributed by atoms with Gasteiger partial charge in [-0.15, -0.1) is 0 Å². The van der Waals surface area contributed by atoms with E-state index in [0.29, 0.717) is 0 Å². The number of hydrogen-bond acceptors (Lipinski definition) is 1. The van der Waals surface area contributed by atoms with Crippen LogP contribution < -0.4 is 0 Å². The molecule has 0 amide bonds. The molecule has 0 bridgehead atoms.